The highest BCUT2D eigenvalue weighted by Gasteiger charge is 2.28. The Labute approximate surface area is 189 Å². The number of benzene rings is 1. The maximum absolute atomic E-state index is 13.0. The van der Waals surface area contributed by atoms with Crippen LogP contribution in [0.3, 0.4) is 0 Å². The van der Waals surface area contributed by atoms with Gasteiger partial charge in [0.25, 0.3) is 5.91 Å². The average molecular weight is 452 g/mol. The van der Waals surface area contributed by atoms with E-state index in [4.69, 9.17) is 15.6 Å². The van der Waals surface area contributed by atoms with E-state index in [1.165, 1.54) is 0 Å². The average Bonchev–Trinajstić information content (AvgIpc) is 2.68. The van der Waals surface area contributed by atoms with Crippen molar-refractivity contribution in [3.05, 3.63) is 29.3 Å². The predicted molar refractivity (Wildman–Crippen MR) is 121 cm³/mol. The summed E-state index contributed by atoms with van der Waals surface area (Å²) in [6.07, 6.45) is 1.07. The molecule has 0 aliphatic carbocycles. The number of nitrogens with two attached hydrogens (primary N) is 1. The van der Waals surface area contributed by atoms with Gasteiger partial charge in [0.2, 0.25) is 5.91 Å². The number of rotatable bonds is 13. The van der Waals surface area contributed by atoms with Crippen LogP contribution in [0.5, 0.6) is 5.75 Å². The molecule has 1 aromatic rings. The quantitative estimate of drug-likeness (QED) is 0.304. The summed E-state index contributed by atoms with van der Waals surface area (Å²) >= 11 is 0. The molecule has 0 saturated heterocycles. The van der Waals surface area contributed by atoms with Crippen LogP contribution >= 0.6 is 0 Å². The molecule has 0 aromatic heterocycles. The monoisotopic (exact) mass is 451 g/mol. The van der Waals surface area contributed by atoms with Gasteiger partial charge in [-0.05, 0) is 49.3 Å². The number of hydrogen-bond donors (Lipinski definition) is 5. The number of carboxylic acids is 1. The largest absolute Gasteiger partial charge is 0.491 e. The van der Waals surface area contributed by atoms with Gasteiger partial charge in [-0.15, -0.1) is 0 Å². The molecule has 32 heavy (non-hydrogen) atoms. The summed E-state index contributed by atoms with van der Waals surface area (Å²) in [5, 5.41) is 23.2. The van der Waals surface area contributed by atoms with Crippen molar-refractivity contribution in [1.82, 2.24) is 10.6 Å². The first kappa shape index (κ1) is 27.4. The van der Waals surface area contributed by atoms with Crippen LogP contribution in [0.1, 0.15) is 56.5 Å². The zero-order valence-corrected chi connectivity index (χ0v) is 19.6. The maximum Gasteiger partial charge on any atom is 0.328 e. The SMILES string of the molecule is Cc1ccc(C(=O)N[C@@H](CC(C)C)C(=O)N[C@@H](CO)C(=O)O)c(OC[C@@H](N)CC(C)C)c1. The van der Waals surface area contributed by atoms with Crippen molar-refractivity contribution >= 4 is 17.8 Å². The molecule has 9 nitrogen and oxygen atoms in total. The molecule has 3 atom stereocenters. The van der Waals surface area contributed by atoms with E-state index in [-0.39, 0.29) is 30.6 Å². The number of hydrogen-bond acceptors (Lipinski definition) is 6. The molecule has 9 heteroatoms. The van der Waals surface area contributed by atoms with Crippen LogP contribution in [0.25, 0.3) is 0 Å². The van der Waals surface area contributed by atoms with Crippen LogP contribution in [0.2, 0.25) is 0 Å². The van der Waals surface area contributed by atoms with E-state index in [1.807, 2.05) is 20.8 Å². The molecule has 0 bridgehead atoms. The highest BCUT2D eigenvalue weighted by molar-refractivity contribution is 6.00. The number of aliphatic carboxylic acids is 1. The van der Waals surface area contributed by atoms with Crippen molar-refractivity contribution < 1.29 is 29.3 Å². The van der Waals surface area contributed by atoms with Crippen LogP contribution in [0.4, 0.5) is 0 Å². The Morgan fingerprint density at radius 2 is 1.66 bits per heavy atom. The molecule has 0 aliphatic rings. The van der Waals surface area contributed by atoms with Crippen molar-refractivity contribution in [1.29, 1.82) is 0 Å². The summed E-state index contributed by atoms with van der Waals surface area (Å²) in [7, 11) is 0. The minimum atomic E-state index is -1.45. The van der Waals surface area contributed by atoms with E-state index in [0.717, 1.165) is 12.0 Å². The highest BCUT2D eigenvalue weighted by atomic mass is 16.5. The van der Waals surface area contributed by atoms with Gasteiger partial charge >= 0.3 is 5.97 Å². The normalized spacial score (nSPS) is 14.0. The first-order valence-electron chi connectivity index (χ1n) is 10.9. The molecule has 0 fully saturated rings. The molecule has 0 spiro atoms. The minimum absolute atomic E-state index is 0.0474. The van der Waals surface area contributed by atoms with E-state index in [1.54, 1.807) is 18.2 Å². The second kappa shape index (κ2) is 13.0. The summed E-state index contributed by atoms with van der Waals surface area (Å²) in [6, 6.07) is 2.51. The number of aliphatic hydroxyl groups excluding tert-OH is 1. The zero-order chi connectivity index (χ0) is 24.4. The lowest BCUT2D eigenvalue weighted by Gasteiger charge is -2.23. The first-order chi connectivity index (χ1) is 14.9. The lowest BCUT2D eigenvalue weighted by atomic mass is 10.0. The fraction of sp³-hybridized carbons (Fsp3) is 0.609. The lowest BCUT2D eigenvalue weighted by Crippen LogP contribution is -2.53. The topological polar surface area (TPSA) is 151 Å². The van der Waals surface area contributed by atoms with Gasteiger partial charge in [0.1, 0.15) is 24.4 Å². The Hall–Kier alpha value is -2.65. The third-order valence-electron chi connectivity index (χ3n) is 4.73. The van der Waals surface area contributed by atoms with Gasteiger partial charge in [-0.3, -0.25) is 9.59 Å². The fourth-order valence-corrected chi connectivity index (χ4v) is 3.20. The molecule has 0 aliphatic heterocycles. The van der Waals surface area contributed by atoms with E-state index in [2.05, 4.69) is 24.5 Å². The van der Waals surface area contributed by atoms with Crippen LogP contribution in [-0.2, 0) is 9.59 Å². The Balaban J connectivity index is 3.02. The number of carboxylic acid groups (broad SMARTS) is 1. The van der Waals surface area contributed by atoms with E-state index in [9.17, 15) is 19.5 Å². The van der Waals surface area contributed by atoms with Crippen LogP contribution in [0, 0.1) is 18.8 Å². The summed E-state index contributed by atoms with van der Waals surface area (Å²) in [4.78, 5) is 36.8. The summed E-state index contributed by atoms with van der Waals surface area (Å²) < 4.78 is 5.84. The third kappa shape index (κ3) is 9.23. The standard InChI is InChI=1S/C23H37N3O6/c1-13(2)8-16(24)12-32-20-10-15(5)6-7-17(20)21(28)25-18(9-14(3)4)22(29)26-19(11-27)23(30)31/h6-7,10,13-14,16,18-19,27H,8-9,11-12,24H2,1-5H3,(H,25,28)(H,26,29)(H,30,31)/t16-,18-,19-/m0/s1. The molecule has 0 heterocycles. The number of carbonyl (C=O) groups excluding carboxylic acids is 2. The number of aliphatic hydroxyl groups is 1. The number of carbonyl (C=O) groups is 3. The van der Waals surface area contributed by atoms with Crippen molar-refractivity contribution in [3.8, 4) is 5.75 Å². The number of amides is 2. The van der Waals surface area contributed by atoms with E-state index in [0.29, 0.717) is 11.7 Å². The lowest BCUT2D eigenvalue weighted by molar-refractivity contribution is -0.143. The fourth-order valence-electron chi connectivity index (χ4n) is 3.20. The van der Waals surface area contributed by atoms with Gasteiger partial charge in [0.05, 0.1) is 12.2 Å². The smallest absolute Gasteiger partial charge is 0.328 e. The Bertz CT molecular complexity index is 781. The molecule has 2 amide bonds. The van der Waals surface area contributed by atoms with Gasteiger partial charge in [-0.2, -0.15) is 0 Å². The number of nitrogens with one attached hydrogen (secondary N) is 2. The van der Waals surface area contributed by atoms with Crippen molar-refractivity contribution in [3.63, 3.8) is 0 Å². The van der Waals surface area contributed by atoms with Crippen molar-refractivity contribution in [2.24, 2.45) is 17.6 Å². The van der Waals surface area contributed by atoms with Crippen LogP contribution in [-0.4, -0.2) is 59.3 Å². The number of ether oxygens (including phenoxy) is 1. The Morgan fingerprint density at radius 1 is 1.03 bits per heavy atom. The molecular weight excluding hydrogens is 414 g/mol. The van der Waals surface area contributed by atoms with Gasteiger partial charge < -0.3 is 31.3 Å². The number of aryl methyl sites for hydroxylation is 1. The van der Waals surface area contributed by atoms with Crippen molar-refractivity contribution in [2.75, 3.05) is 13.2 Å². The van der Waals surface area contributed by atoms with Gasteiger partial charge in [-0.25, -0.2) is 4.79 Å². The summed E-state index contributed by atoms with van der Waals surface area (Å²) in [5.41, 5.74) is 7.26. The first-order valence-corrected chi connectivity index (χ1v) is 10.9. The second-order valence-electron chi connectivity index (χ2n) is 8.94. The van der Waals surface area contributed by atoms with Gasteiger partial charge in [0, 0.05) is 6.04 Å². The molecule has 1 rings (SSSR count). The third-order valence-corrected chi connectivity index (χ3v) is 4.73. The van der Waals surface area contributed by atoms with Crippen LogP contribution in [0.15, 0.2) is 18.2 Å². The molecule has 0 unspecified atom stereocenters. The van der Waals surface area contributed by atoms with Gasteiger partial charge in [0.15, 0.2) is 0 Å². The van der Waals surface area contributed by atoms with E-state index >= 15 is 0 Å². The second-order valence-corrected chi connectivity index (χ2v) is 8.94. The summed E-state index contributed by atoms with van der Waals surface area (Å²) in [6.45, 7) is 9.25. The van der Waals surface area contributed by atoms with E-state index < -0.39 is 36.5 Å². The van der Waals surface area contributed by atoms with Crippen molar-refractivity contribution in [2.45, 2.75) is 65.6 Å². The Morgan fingerprint density at radius 3 is 2.19 bits per heavy atom. The summed E-state index contributed by atoms with van der Waals surface area (Å²) in [5.74, 6) is -1.73. The molecule has 0 saturated carbocycles. The molecular formula is C23H37N3O6. The molecule has 6 N–H and O–H groups in total. The molecule has 180 valence electrons. The Kier molecular flexibility index (Phi) is 11.1. The van der Waals surface area contributed by atoms with Gasteiger partial charge in [-0.1, -0.05) is 33.8 Å². The molecule has 0 radical (unpaired) electrons. The zero-order valence-electron chi connectivity index (χ0n) is 19.6. The maximum atomic E-state index is 13.0. The predicted octanol–water partition coefficient (Wildman–Crippen LogP) is 1.45. The molecule has 1 aromatic carbocycles. The minimum Gasteiger partial charge on any atom is -0.491 e. The highest BCUT2D eigenvalue weighted by Crippen LogP contribution is 2.21. The van der Waals surface area contributed by atoms with Crippen LogP contribution < -0.4 is 21.1 Å².